The quantitative estimate of drug-likeness (QED) is 0.851. The Bertz CT molecular complexity index is 431. The van der Waals surface area contributed by atoms with Gasteiger partial charge in [0, 0.05) is 30.4 Å². The van der Waals surface area contributed by atoms with Crippen molar-refractivity contribution in [1.29, 1.82) is 0 Å². The van der Waals surface area contributed by atoms with Gasteiger partial charge in [-0.1, -0.05) is 19.9 Å². The second-order valence-electron chi connectivity index (χ2n) is 4.55. The molecule has 0 fully saturated rings. The standard InChI is InChI=1S/C13H19N3S/c1-11(2)10-15-13-14-6-8-16(13)7-5-12-4-3-9-17-12/h3-4,6,8-9,11H,5,7,10H2,1-2H3,(H,14,15). The summed E-state index contributed by atoms with van der Waals surface area (Å²) < 4.78 is 2.18. The van der Waals surface area contributed by atoms with Crippen LogP contribution >= 0.6 is 11.3 Å². The molecule has 0 saturated carbocycles. The predicted molar refractivity (Wildman–Crippen MR) is 73.6 cm³/mol. The van der Waals surface area contributed by atoms with Crippen molar-refractivity contribution in [3.63, 3.8) is 0 Å². The lowest BCUT2D eigenvalue weighted by Crippen LogP contribution is -2.13. The van der Waals surface area contributed by atoms with Crippen molar-refractivity contribution in [2.45, 2.75) is 26.8 Å². The van der Waals surface area contributed by atoms with Crippen molar-refractivity contribution in [2.75, 3.05) is 11.9 Å². The molecule has 4 heteroatoms. The molecule has 3 nitrogen and oxygen atoms in total. The summed E-state index contributed by atoms with van der Waals surface area (Å²) in [6.07, 6.45) is 4.97. The van der Waals surface area contributed by atoms with Crippen molar-refractivity contribution in [1.82, 2.24) is 9.55 Å². The van der Waals surface area contributed by atoms with E-state index in [4.69, 9.17) is 0 Å². The van der Waals surface area contributed by atoms with Gasteiger partial charge in [0.05, 0.1) is 0 Å². The fraction of sp³-hybridized carbons (Fsp3) is 0.462. The summed E-state index contributed by atoms with van der Waals surface area (Å²) in [6.45, 7) is 6.36. The second kappa shape index (κ2) is 5.87. The normalized spacial score (nSPS) is 11.0. The van der Waals surface area contributed by atoms with Crippen LogP contribution in [0.25, 0.3) is 0 Å². The third-order valence-corrected chi connectivity index (χ3v) is 3.50. The maximum Gasteiger partial charge on any atom is 0.202 e. The molecule has 2 heterocycles. The summed E-state index contributed by atoms with van der Waals surface area (Å²) in [7, 11) is 0. The summed E-state index contributed by atoms with van der Waals surface area (Å²) in [5, 5.41) is 5.50. The smallest absolute Gasteiger partial charge is 0.202 e. The molecule has 0 bridgehead atoms. The fourth-order valence-corrected chi connectivity index (χ4v) is 2.34. The number of aryl methyl sites for hydroxylation is 2. The van der Waals surface area contributed by atoms with Crippen molar-refractivity contribution in [2.24, 2.45) is 5.92 Å². The van der Waals surface area contributed by atoms with Crippen LogP contribution in [0.1, 0.15) is 18.7 Å². The highest BCUT2D eigenvalue weighted by atomic mass is 32.1. The third-order valence-electron chi connectivity index (χ3n) is 2.56. The molecular formula is C13H19N3S. The fourth-order valence-electron chi connectivity index (χ4n) is 1.64. The Hall–Kier alpha value is -1.29. The van der Waals surface area contributed by atoms with Gasteiger partial charge in [0.2, 0.25) is 5.95 Å². The van der Waals surface area contributed by atoms with E-state index in [1.807, 2.05) is 23.7 Å². The average molecular weight is 249 g/mol. The zero-order valence-corrected chi connectivity index (χ0v) is 11.2. The lowest BCUT2D eigenvalue weighted by Gasteiger charge is -2.10. The monoisotopic (exact) mass is 249 g/mol. The first-order valence-corrected chi connectivity index (χ1v) is 6.91. The average Bonchev–Trinajstić information content (AvgIpc) is 2.95. The van der Waals surface area contributed by atoms with E-state index in [0.29, 0.717) is 5.92 Å². The highest BCUT2D eigenvalue weighted by molar-refractivity contribution is 7.09. The molecule has 0 spiro atoms. The Morgan fingerprint density at radius 3 is 3.06 bits per heavy atom. The van der Waals surface area contributed by atoms with Crippen LogP contribution in [0.5, 0.6) is 0 Å². The van der Waals surface area contributed by atoms with Gasteiger partial charge in [0.15, 0.2) is 0 Å². The number of anilines is 1. The van der Waals surface area contributed by atoms with E-state index in [1.165, 1.54) is 4.88 Å². The minimum Gasteiger partial charge on any atom is -0.355 e. The SMILES string of the molecule is CC(C)CNc1nccn1CCc1cccs1. The first-order chi connectivity index (χ1) is 8.25. The predicted octanol–water partition coefficient (Wildman–Crippen LogP) is 3.26. The van der Waals surface area contributed by atoms with Crippen molar-refractivity contribution >= 4 is 17.3 Å². The van der Waals surface area contributed by atoms with E-state index in [1.54, 1.807) is 0 Å². The zero-order chi connectivity index (χ0) is 12.1. The highest BCUT2D eigenvalue weighted by Gasteiger charge is 2.03. The van der Waals surface area contributed by atoms with Crippen LogP contribution in [-0.4, -0.2) is 16.1 Å². The van der Waals surface area contributed by atoms with Crippen molar-refractivity contribution < 1.29 is 0 Å². The summed E-state index contributed by atoms with van der Waals surface area (Å²) in [6, 6.07) is 4.29. The van der Waals surface area contributed by atoms with Crippen LogP contribution < -0.4 is 5.32 Å². The van der Waals surface area contributed by atoms with Gasteiger partial charge >= 0.3 is 0 Å². The molecule has 0 radical (unpaired) electrons. The minimum atomic E-state index is 0.637. The second-order valence-corrected chi connectivity index (χ2v) is 5.58. The molecule has 1 N–H and O–H groups in total. The molecule has 0 unspecified atom stereocenters. The van der Waals surface area contributed by atoms with E-state index in [9.17, 15) is 0 Å². The van der Waals surface area contributed by atoms with Gasteiger partial charge in [0.1, 0.15) is 0 Å². The molecule has 17 heavy (non-hydrogen) atoms. The first-order valence-electron chi connectivity index (χ1n) is 6.03. The van der Waals surface area contributed by atoms with Crippen LogP contribution in [0.3, 0.4) is 0 Å². The Kier molecular flexibility index (Phi) is 4.20. The molecular weight excluding hydrogens is 230 g/mol. The number of imidazole rings is 1. The van der Waals surface area contributed by atoms with Crippen molar-refractivity contribution in [3.8, 4) is 0 Å². The van der Waals surface area contributed by atoms with Crippen LogP contribution in [0, 0.1) is 5.92 Å². The number of hydrogen-bond acceptors (Lipinski definition) is 3. The zero-order valence-electron chi connectivity index (χ0n) is 10.4. The molecule has 0 saturated heterocycles. The Balaban J connectivity index is 1.90. The summed E-state index contributed by atoms with van der Waals surface area (Å²) in [4.78, 5) is 5.77. The van der Waals surface area contributed by atoms with Gasteiger partial charge < -0.3 is 9.88 Å². The Morgan fingerprint density at radius 2 is 2.35 bits per heavy atom. The largest absolute Gasteiger partial charge is 0.355 e. The van der Waals surface area contributed by atoms with Crippen LogP contribution in [0.15, 0.2) is 29.9 Å². The Labute approximate surface area is 107 Å². The van der Waals surface area contributed by atoms with Crippen LogP contribution in [0.2, 0.25) is 0 Å². The summed E-state index contributed by atoms with van der Waals surface area (Å²) >= 11 is 1.81. The molecule has 0 aliphatic heterocycles. The lowest BCUT2D eigenvalue weighted by atomic mass is 10.2. The number of aromatic nitrogens is 2. The molecule has 2 aromatic heterocycles. The molecule has 2 aromatic rings. The van der Waals surface area contributed by atoms with E-state index in [-0.39, 0.29) is 0 Å². The number of nitrogens with zero attached hydrogens (tertiary/aromatic N) is 2. The van der Waals surface area contributed by atoms with Gasteiger partial charge in [-0.05, 0) is 23.8 Å². The minimum absolute atomic E-state index is 0.637. The van der Waals surface area contributed by atoms with Crippen molar-refractivity contribution in [3.05, 3.63) is 34.8 Å². The number of nitrogens with one attached hydrogen (secondary N) is 1. The van der Waals surface area contributed by atoms with Gasteiger partial charge in [-0.2, -0.15) is 0 Å². The first kappa shape index (κ1) is 12.2. The molecule has 0 aliphatic rings. The topological polar surface area (TPSA) is 29.9 Å². The molecule has 92 valence electrons. The lowest BCUT2D eigenvalue weighted by molar-refractivity contribution is 0.662. The van der Waals surface area contributed by atoms with Gasteiger partial charge in [-0.3, -0.25) is 0 Å². The summed E-state index contributed by atoms with van der Waals surface area (Å²) in [5.41, 5.74) is 0. The van der Waals surface area contributed by atoms with Crippen LogP contribution in [0.4, 0.5) is 5.95 Å². The van der Waals surface area contributed by atoms with E-state index < -0.39 is 0 Å². The maximum atomic E-state index is 4.34. The Morgan fingerprint density at radius 1 is 1.47 bits per heavy atom. The summed E-state index contributed by atoms with van der Waals surface area (Å²) in [5.74, 6) is 1.62. The molecule has 0 atom stereocenters. The van der Waals surface area contributed by atoms with E-state index in [2.05, 4.69) is 46.2 Å². The van der Waals surface area contributed by atoms with Gasteiger partial charge in [-0.25, -0.2) is 4.98 Å². The highest BCUT2D eigenvalue weighted by Crippen LogP contribution is 2.12. The molecule has 0 aliphatic carbocycles. The number of thiophene rings is 1. The molecule has 2 rings (SSSR count). The third kappa shape index (κ3) is 3.60. The number of rotatable bonds is 6. The van der Waals surface area contributed by atoms with E-state index >= 15 is 0 Å². The van der Waals surface area contributed by atoms with Gasteiger partial charge in [0.25, 0.3) is 0 Å². The number of hydrogen-bond donors (Lipinski definition) is 1. The molecule has 0 amide bonds. The maximum absolute atomic E-state index is 4.34. The van der Waals surface area contributed by atoms with Crippen LogP contribution in [-0.2, 0) is 13.0 Å². The van der Waals surface area contributed by atoms with E-state index in [0.717, 1.165) is 25.5 Å². The van der Waals surface area contributed by atoms with Gasteiger partial charge in [-0.15, -0.1) is 11.3 Å². The molecule has 0 aromatic carbocycles.